The van der Waals surface area contributed by atoms with Crippen molar-refractivity contribution in [2.24, 2.45) is 0 Å². The second-order valence-corrected chi connectivity index (χ2v) is 2.69. The standard InChI is InChI=1S/C11H13NO2/c1-14-11(13)12-9-5-8-10-6-3-2-4-7-10/h2-8H,9H2,1H3,(H,12,13). The second kappa shape index (κ2) is 5.80. The molecule has 1 aromatic rings. The Morgan fingerprint density at radius 2 is 2.14 bits per heavy atom. The smallest absolute Gasteiger partial charge is 0.407 e. The van der Waals surface area contributed by atoms with E-state index in [1.807, 2.05) is 42.5 Å². The number of hydrogen-bond donors (Lipinski definition) is 1. The maximum Gasteiger partial charge on any atom is 0.407 e. The Morgan fingerprint density at radius 1 is 1.43 bits per heavy atom. The fraction of sp³-hybridized carbons (Fsp3) is 0.182. The monoisotopic (exact) mass is 191 g/mol. The predicted molar refractivity (Wildman–Crippen MR) is 55.9 cm³/mol. The molecule has 0 atom stereocenters. The van der Waals surface area contributed by atoms with Crippen molar-refractivity contribution in [2.45, 2.75) is 0 Å². The zero-order valence-corrected chi connectivity index (χ0v) is 8.07. The highest BCUT2D eigenvalue weighted by Crippen LogP contribution is 1.99. The topological polar surface area (TPSA) is 38.3 Å². The van der Waals surface area contributed by atoms with Crippen LogP contribution in [0.3, 0.4) is 0 Å². The van der Waals surface area contributed by atoms with Gasteiger partial charge in [0, 0.05) is 6.54 Å². The van der Waals surface area contributed by atoms with E-state index in [2.05, 4.69) is 10.1 Å². The molecule has 0 aliphatic heterocycles. The molecule has 0 aliphatic carbocycles. The molecule has 0 saturated carbocycles. The van der Waals surface area contributed by atoms with Crippen molar-refractivity contribution in [1.82, 2.24) is 5.32 Å². The molecule has 74 valence electrons. The van der Waals surface area contributed by atoms with Crippen LogP contribution in [0.1, 0.15) is 5.56 Å². The quantitative estimate of drug-likeness (QED) is 0.794. The third kappa shape index (κ3) is 3.76. The average molecular weight is 191 g/mol. The van der Waals surface area contributed by atoms with Crippen LogP contribution in [-0.4, -0.2) is 19.7 Å². The summed E-state index contributed by atoms with van der Waals surface area (Å²) in [6.07, 6.45) is 3.39. The molecular weight excluding hydrogens is 178 g/mol. The van der Waals surface area contributed by atoms with Gasteiger partial charge in [0.2, 0.25) is 0 Å². The zero-order valence-electron chi connectivity index (χ0n) is 8.07. The first-order chi connectivity index (χ1) is 6.83. The van der Waals surface area contributed by atoms with Crippen molar-refractivity contribution >= 4 is 12.2 Å². The number of alkyl carbamates (subject to hydrolysis) is 1. The van der Waals surface area contributed by atoms with E-state index in [0.29, 0.717) is 6.54 Å². The lowest BCUT2D eigenvalue weighted by Gasteiger charge is -1.98. The molecule has 0 heterocycles. The Labute approximate surface area is 83.4 Å². The Hall–Kier alpha value is -1.77. The van der Waals surface area contributed by atoms with Crippen molar-refractivity contribution in [3.63, 3.8) is 0 Å². The van der Waals surface area contributed by atoms with Gasteiger partial charge in [0.05, 0.1) is 7.11 Å². The third-order valence-corrected chi connectivity index (χ3v) is 1.66. The number of hydrogen-bond acceptors (Lipinski definition) is 2. The van der Waals surface area contributed by atoms with Crippen LogP contribution in [0.25, 0.3) is 6.08 Å². The van der Waals surface area contributed by atoms with Gasteiger partial charge in [0.1, 0.15) is 0 Å². The van der Waals surface area contributed by atoms with Crippen LogP contribution in [0, 0.1) is 0 Å². The lowest BCUT2D eigenvalue weighted by atomic mass is 10.2. The van der Waals surface area contributed by atoms with Crippen LogP contribution >= 0.6 is 0 Å². The molecular formula is C11H13NO2. The van der Waals surface area contributed by atoms with Crippen LogP contribution in [0.5, 0.6) is 0 Å². The van der Waals surface area contributed by atoms with Gasteiger partial charge in [0.25, 0.3) is 0 Å². The third-order valence-electron chi connectivity index (χ3n) is 1.66. The Morgan fingerprint density at radius 3 is 2.79 bits per heavy atom. The molecule has 1 amide bonds. The van der Waals surface area contributed by atoms with E-state index in [9.17, 15) is 4.79 Å². The molecule has 14 heavy (non-hydrogen) atoms. The van der Waals surface area contributed by atoms with Crippen molar-refractivity contribution in [3.8, 4) is 0 Å². The molecule has 0 spiro atoms. The van der Waals surface area contributed by atoms with Gasteiger partial charge in [0.15, 0.2) is 0 Å². The highest BCUT2D eigenvalue weighted by Gasteiger charge is 1.92. The summed E-state index contributed by atoms with van der Waals surface area (Å²) in [4.78, 5) is 10.7. The number of nitrogens with one attached hydrogen (secondary N) is 1. The Balaban J connectivity index is 2.31. The van der Waals surface area contributed by atoms with Gasteiger partial charge in [-0.2, -0.15) is 0 Å². The zero-order chi connectivity index (χ0) is 10.2. The first-order valence-electron chi connectivity index (χ1n) is 4.36. The number of carbonyl (C=O) groups is 1. The lowest BCUT2D eigenvalue weighted by Crippen LogP contribution is -2.22. The van der Waals surface area contributed by atoms with Gasteiger partial charge in [-0.05, 0) is 5.56 Å². The van der Waals surface area contributed by atoms with Crippen molar-refractivity contribution < 1.29 is 9.53 Å². The van der Waals surface area contributed by atoms with E-state index in [4.69, 9.17) is 0 Å². The maximum atomic E-state index is 10.7. The highest BCUT2D eigenvalue weighted by molar-refractivity contribution is 5.67. The number of ether oxygens (including phenoxy) is 1. The highest BCUT2D eigenvalue weighted by atomic mass is 16.5. The molecule has 0 fully saturated rings. The van der Waals surface area contributed by atoms with Crippen LogP contribution in [0.2, 0.25) is 0 Å². The number of rotatable bonds is 3. The van der Waals surface area contributed by atoms with Gasteiger partial charge < -0.3 is 10.1 Å². The molecule has 1 aromatic carbocycles. The predicted octanol–water partition coefficient (Wildman–Crippen LogP) is 2.06. The van der Waals surface area contributed by atoms with E-state index in [0.717, 1.165) is 5.56 Å². The Bertz CT molecular complexity index is 306. The molecule has 3 nitrogen and oxygen atoms in total. The molecule has 0 radical (unpaired) electrons. The summed E-state index contributed by atoms with van der Waals surface area (Å²) in [7, 11) is 1.34. The summed E-state index contributed by atoms with van der Waals surface area (Å²) in [5.41, 5.74) is 1.11. The van der Waals surface area contributed by atoms with E-state index in [1.54, 1.807) is 0 Å². The lowest BCUT2D eigenvalue weighted by molar-refractivity contribution is 0.172. The molecule has 1 rings (SSSR count). The largest absolute Gasteiger partial charge is 0.453 e. The van der Waals surface area contributed by atoms with Gasteiger partial charge in [-0.3, -0.25) is 0 Å². The van der Waals surface area contributed by atoms with Crippen LogP contribution in [0.15, 0.2) is 36.4 Å². The van der Waals surface area contributed by atoms with Crippen LogP contribution < -0.4 is 5.32 Å². The fourth-order valence-corrected chi connectivity index (χ4v) is 0.974. The molecule has 1 N–H and O–H groups in total. The minimum atomic E-state index is -0.414. The number of amides is 1. The van der Waals surface area contributed by atoms with Gasteiger partial charge in [-0.15, -0.1) is 0 Å². The molecule has 0 bridgehead atoms. The summed E-state index contributed by atoms with van der Waals surface area (Å²) in [6.45, 7) is 0.474. The van der Waals surface area contributed by atoms with Crippen molar-refractivity contribution in [1.29, 1.82) is 0 Å². The fourth-order valence-electron chi connectivity index (χ4n) is 0.974. The summed E-state index contributed by atoms with van der Waals surface area (Å²) in [6, 6.07) is 9.88. The summed E-state index contributed by atoms with van der Waals surface area (Å²) in [5, 5.41) is 2.55. The van der Waals surface area contributed by atoms with Gasteiger partial charge in [-0.25, -0.2) is 4.79 Å². The number of carbonyl (C=O) groups excluding carboxylic acids is 1. The van der Waals surface area contributed by atoms with Crippen molar-refractivity contribution in [3.05, 3.63) is 42.0 Å². The van der Waals surface area contributed by atoms with E-state index >= 15 is 0 Å². The average Bonchev–Trinajstić information content (AvgIpc) is 2.25. The summed E-state index contributed by atoms with van der Waals surface area (Å²) >= 11 is 0. The van der Waals surface area contributed by atoms with Crippen molar-refractivity contribution in [2.75, 3.05) is 13.7 Å². The van der Waals surface area contributed by atoms with Gasteiger partial charge >= 0.3 is 6.09 Å². The first-order valence-corrected chi connectivity index (χ1v) is 4.36. The van der Waals surface area contributed by atoms with Gasteiger partial charge in [-0.1, -0.05) is 42.5 Å². The first kappa shape index (κ1) is 10.3. The normalized spacial score (nSPS) is 10.1. The summed E-state index contributed by atoms with van der Waals surface area (Å²) < 4.78 is 4.42. The van der Waals surface area contributed by atoms with E-state index < -0.39 is 6.09 Å². The SMILES string of the molecule is COC(=O)NCC=Cc1ccccc1. The molecule has 0 aromatic heterocycles. The molecule has 0 aliphatic rings. The number of benzene rings is 1. The molecule has 0 unspecified atom stereocenters. The summed E-state index contributed by atoms with van der Waals surface area (Å²) in [5.74, 6) is 0. The van der Waals surface area contributed by atoms with E-state index in [1.165, 1.54) is 7.11 Å². The minimum absolute atomic E-state index is 0.414. The van der Waals surface area contributed by atoms with Crippen LogP contribution in [-0.2, 0) is 4.74 Å². The van der Waals surface area contributed by atoms with Crippen LogP contribution in [0.4, 0.5) is 4.79 Å². The second-order valence-electron chi connectivity index (χ2n) is 2.69. The minimum Gasteiger partial charge on any atom is -0.453 e. The maximum absolute atomic E-state index is 10.7. The van der Waals surface area contributed by atoms with E-state index in [-0.39, 0.29) is 0 Å². The molecule has 0 saturated heterocycles. The number of methoxy groups -OCH3 is 1. The Kier molecular flexibility index (Phi) is 4.27. The molecule has 3 heteroatoms.